The summed E-state index contributed by atoms with van der Waals surface area (Å²) < 4.78 is 0. The standard InChI is InChI=1S/C17H35NO/c1-5-7-8-9-10-14-17(19)18-16(4)13-11-12-15(3)6-2/h15-16H,5-14H2,1-4H3,(H,18,19). The first-order valence-corrected chi connectivity index (χ1v) is 8.39. The minimum atomic E-state index is 0.243. The van der Waals surface area contributed by atoms with Gasteiger partial charge in [0.1, 0.15) is 0 Å². The molecule has 0 aromatic carbocycles. The second-order valence-electron chi connectivity index (χ2n) is 6.08. The van der Waals surface area contributed by atoms with Crippen LogP contribution in [0.4, 0.5) is 0 Å². The van der Waals surface area contributed by atoms with Crippen molar-refractivity contribution in [2.45, 2.75) is 97.9 Å². The van der Waals surface area contributed by atoms with Gasteiger partial charge in [-0.25, -0.2) is 0 Å². The van der Waals surface area contributed by atoms with Gasteiger partial charge in [-0.3, -0.25) is 4.79 Å². The largest absolute Gasteiger partial charge is 0.354 e. The molecule has 0 bridgehead atoms. The minimum absolute atomic E-state index is 0.243. The molecule has 0 rings (SSSR count). The molecular formula is C17H35NO. The highest BCUT2D eigenvalue weighted by Crippen LogP contribution is 2.12. The molecule has 0 fully saturated rings. The van der Waals surface area contributed by atoms with E-state index < -0.39 is 0 Å². The highest BCUT2D eigenvalue weighted by Gasteiger charge is 2.07. The molecule has 2 heteroatoms. The highest BCUT2D eigenvalue weighted by atomic mass is 16.1. The maximum Gasteiger partial charge on any atom is 0.220 e. The van der Waals surface area contributed by atoms with Crippen LogP contribution >= 0.6 is 0 Å². The van der Waals surface area contributed by atoms with Gasteiger partial charge in [-0.1, -0.05) is 65.7 Å². The molecule has 0 aromatic heterocycles. The zero-order valence-electron chi connectivity index (χ0n) is 13.6. The van der Waals surface area contributed by atoms with Crippen molar-refractivity contribution in [2.75, 3.05) is 0 Å². The Labute approximate surface area is 120 Å². The molecule has 114 valence electrons. The van der Waals surface area contributed by atoms with Crippen LogP contribution in [0.1, 0.15) is 91.9 Å². The van der Waals surface area contributed by atoms with Gasteiger partial charge >= 0.3 is 0 Å². The molecular weight excluding hydrogens is 234 g/mol. The fourth-order valence-corrected chi connectivity index (χ4v) is 2.28. The second-order valence-corrected chi connectivity index (χ2v) is 6.08. The summed E-state index contributed by atoms with van der Waals surface area (Å²) in [7, 11) is 0. The molecule has 0 saturated carbocycles. The summed E-state index contributed by atoms with van der Waals surface area (Å²) in [6.07, 6.45) is 11.7. The number of unbranched alkanes of at least 4 members (excludes halogenated alkanes) is 4. The monoisotopic (exact) mass is 269 g/mol. The van der Waals surface area contributed by atoms with Gasteiger partial charge in [0.25, 0.3) is 0 Å². The smallest absolute Gasteiger partial charge is 0.220 e. The van der Waals surface area contributed by atoms with Crippen LogP contribution in [-0.2, 0) is 4.79 Å². The van der Waals surface area contributed by atoms with E-state index in [1.165, 1.54) is 44.9 Å². The van der Waals surface area contributed by atoms with Crippen LogP contribution in [0.3, 0.4) is 0 Å². The van der Waals surface area contributed by atoms with E-state index in [-0.39, 0.29) is 5.91 Å². The third kappa shape index (κ3) is 12.3. The number of carbonyl (C=O) groups is 1. The lowest BCUT2D eigenvalue weighted by atomic mass is 10.00. The van der Waals surface area contributed by atoms with Crippen LogP contribution in [0.5, 0.6) is 0 Å². The van der Waals surface area contributed by atoms with Gasteiger partial charge in [0.05, 0.1) is 0 Å². The summed E-state index contributed by atoms with van der Waals surface area (Å²) in [5.74, 6) is 1.06. The Morgan fingerprint density at radius 2 is 1.63 bits per heavy atom. The summed E-state index contributed by atoms with van der Waals surface area (Å²) in [4.78, 5) is 11.7. The summed E-state index contributed by atoms with van der Waals surface area (Å²) in [5, 5.41) is 3.12. The molecule has 1 amide bonds. The normalized spacial score (nSPS) is 14.1. The number of amides is 1. The molecule has 0 aliphatic heterocycles. The highest BCUT2D eigenvalue weighted by molar-refractivity contribution is 5.76. The van der Waals surface area contributed by atoms with E-state index in [4.69, 9.17) is 0 Å². The Hall–Kier alpha value is -0.530. The Balaban J connectivity index is 3.47. The number of rotatable bonds is 12. The van der Waals surface area contributed by atoms with E-state index in [1.807, 2.05) is 0 Å². The van der Waals surface area contributed by atoms with Gasteiger partial charge in [-0.15, -0.1) is 0 Å². The van der Waals surface area contributed by atoms with E-state index in [9.17, 15) is 4.79 Å². The fraction of sp³-hybridized carbons (Fsp3) is 0.941. The van der Waals surface area contributed by atoms with Gasteiger partial charge < -0.3 is 5.32 Å². The van der Waals surface area contributed by atoms with E-state index >= 15 is 0 Å². The number of hydrogen-bond donors (Lipinski definition) is 1. The lowest BCUT2D eigenvalue weighted by Crippen LogP contribution is -2.32. The number of nitrogens with one attached hydrogen (secondary N) is 1. The summed E-state index contributed by atoms with van der Waals surface area (Å²) in [6, 6.07) is 0.340. The van der Waals surface area contributed by atoms with Gasteiger partial charge in [0.15, 0.2) is 0 Å². The summed E-state index contributed by atoms with van der Waals surface area (Å²) in [5.41, 5.74) is 0. The lowest BCUT2D eigenvalue weighted by molar-refractivity contribution is -0.121. The predicted molar refractivity (Wildman–Crippen MR) is 84.3 cm³/mol. The lowest BCUT2D eigenvalue weighted by Gasteiger charge is -2.15. The third-order valence-electron chi connectivity index (χ3n) is 3.95. The Bertz CT molecular complexity index is 215. The molecule has 2 nitrogen and oxygen atoms in total. The van der Waals surface area contributed by atoms with Crippen molar-refractivity contribution in [3.05, 3.63) is 0 Å². The van der Waals surface area contributed by atoms with Crippen molar-refractivity contribution in [2.24, 2.45) is 5.92 Å². The average Bonchev–Trinajstić information content (AvgIpc) is 2.38. The molecule has 0 aliphatic rings. The topological polar surface area (TPSA) is 29.1 Å². The summed E-state index contributed by atoms with van der Waals surface area (Å²) in [6.45, 7) is 8.90. The van der Waals surface area contributed by atoms with Gasteiger partial charge in [0.2, 0.25) is 5.91 Å². The van der Waals surface area contributed by atoms with Crippen molar-refractivity contribution >= 4 is 5.91 Å². The molecule has 2 unspecified atom stereocenters. The van der Waals surface area contributed by atoms with E-state index in [2.05, 4.69) is 33.0 Å². The number of carbonyl (C=O) groups excluding carboxylic acids is 1. The molecule has 0 saturated heterocycles. The van der Waals surface area contributed by atoms with Crippen molar-refractivity contribution in [1.82, 2.24) is 5.32 Å². The molecule has 0 heterocycles. The molecule has 0 spiro atoms. The SMILES string of the molecule is CCCCCCCC(=O)NC(C)CCCC(C)CC. The van der Waals surface area contributed by atoms with Crippen molar-refractivity contribution < 1.29 is 4.79 Å². The van der Waals surface area contributed by atoms with E-state index in [0.29, 0.717) is 12.5 Å². The molecule has 0 aromatic rings. The van der Waals surface area contributed by atoms with Gasteiger partial charge in [-0.2, -0.15) is 0 Å². The second kappa shape index (κ2) is 12.5. The molecule has 19 heavy (non-hydrogen) atoms. The van der Waals surface area contributed by atoms with Crippen LogP contribution in [0.2, 0.25) is 0 Å². The van der Waals surface area contributed by atoms with Crippen molar-refractivity contribution in [3.8, 4) is 0 Å². The first kappa shape index (κ1) is 18.5. The molecule has 0 aliphatic carbocycles. The first-order valence-electron chi connectivity index (χ1n) is 8.39. The molecule has 1 N–H and O–H groups in total. The van der Waals surface area contributed by atoms with Gasteiger partial charge in [0, 0.05) is 12.5 Å². The van der Waals surface area contributed by atoms with Crippen LogP contribution in [0, 0.1) is 5.92 Å². The quantitative estimate of drug-likeness (QED) is 0.492. The molecule has 0 radical (unpaired) electrons. The Morgan fingerprint density at radius 3 is 2.26 bits per heavy atom. The maximum absolute atomic E-state index is 11.7. The van der Waals surface area contributed by atoms with Crippen molar-refractivity contribution in [1.29, 1.82) is 0 Å². The van der Waals surface area contributed by atoms with E-state index in [0.717, 1.165) is 18.8 Å². The van der Waals surface area contributed by atoms with Gasteiger partial charge in [-0.05, 0) is 25.7 Å². The third-order valence-corrected chi connectivity index (χ3v) is 3.95. The van der Waals surface area contributed by atoms with Crippen molar-refractivity contribution in [3.63, 3.8) is 0 Å². The minimum Gasteiger partial charge on any atom is -0.354 e. The molecule has 2 atom stereocenters. The first-order chi connectivity index (χ1) is 9.10. The van der Waals surface area contributed by atoms with Crippen LogP contribution < -0.4 is 5.32 Å². The Morgan fingerprint density at radius 1 is 0.947 bits per heavy atom. The van der Waals surface area contributed by atoms with Crippen LogP contribution in [-0.4, -0.2) is 11.9 Å². The summed E-state index contributed by atoms with van der Waals surface area (Å²) >= 11 is 0. The van der Waals surface area contributed by atoms with Crippen LogP contribution in [0.15, 0.2) is 0 Å². The fourth-order valence-electron chi connectivity index (χ4n) is 2.28. The maximum atomic E-state index is 11.7. The van der Waals surface area contributed by atoms with E-state index in [1.54, 1.807) is 0 Å². The van der Waals surface area contributed by atoms with Crippen LogP contribution in [0.25, 0.3) is 0 Å². The average molecular weight is 269 g/mol. The predicted octanol–water partition coefficient (Wildman–Crippen LogP) is 5.07. The zero-order chi connectivity index (χ0) is 14.5. The zero-order valence-corrected chi connectivity index (χ0v) is 13.6. The number of hydrogen-bond acceptors (Lipinski definition) is 1. The Kier molecular flexibility index (Phi) is 12.2.